The van der Waals surface area contributed by atoms with E-state index in [1.54, 1.807) is 24.3 Å². The second-order valence-corrected chi connectivity index (χ2v) is 10.1. The average molecular weight is 444 g/mol. The predicted molar refractivity (Wildman–Crippen MR) is 125 cm³/mol. The molecule has 1 saturated heterocycles. The summed E-state index contributed by atoms with van der Waals surface area (Å²) in [7, 11) is -3.79. The van der Waals surface area contributed by atoms with E-state index in [1.165, 1.54) is 18.6 Å². The van der Waals surface area contributed by atoms with Crippen molar-refractivity contribution in [1.29, 1.82) is 0 Å². The fourth-order valence-corrected chi connectivity index (χ4v) is 5.07. The highest BCUT2D eigenvalue weighted by molar-refractivity contribution is 7.92. The molecule has 0 aliphatic carbocycles. The standard InChI is InChI=1S/C24H33N3O3S/c1-4-12-27-13-10-20(11-14-27)17-25-24(28)23-16-22(9-8-19(23)3)31(29,30)26-21-7-5-6-18(2)15-21/h5-9,15-16,20,26H,4,10-14,17H2,1-3H3,(H,25,28). The van der Waals surface area contributed by atoms with Crippen LogP contribution in [0.3, 0.4) is 0 Å². The molecule has 2 aromatic rings. The van der Waals surface area contributed by atoms with Gasteiger partial charge in [0.05, 0.1) is 4.90 Å². The van der Waals surface area contributed by atoms with Crippen molar-refractivity contribution in [2.45, 2.75) is 44.9 Å². The minimum absolute atomic E-state index is 0.0811. The third-order valence-corrected chi connectivity index (χ3v) is 7.21. The molecular formula is C24H33N3O3S. The number of likely N-dealkylation sites (tertiary alicyclic amines) is 1. The number of anilines is 1. The van der Waals surface area contributed by atoms with Crippen LogP contribution in [0.25, 0.3) is 0 Å². The molecule has 1 heterocycles. The molecule has 3 rings (SSSR count). The summed E-state index contributed by atoms with van der Waals surface area (Å²) >= 11 is 0. The minimum Gasteiger partial charge on any atom is -0.352 e. The number of piperidine rings is 1. The van der Waals surface area contributed by atoms with Gasteiger partial charge in [-0.3, -0.25) is 9.52 Å². The van der Waals surface area contributed by atoms with Crippen LogP contribution in [-0.4, -0.2) is 45.4 Å². The Labute approximate surface area is 186 Å². The van der Waals surface area contributed by atoms with Gasteiger partial charge in [-0.2, -0.15) is 0 Å². The molecule has 2 N–H and O–H groups in total. The fraction of sp³-hybridized carbons (Fsp3) is 0.458. The Morgan fingerprint density at radius 3 is 2.52 bits per heavy atom. The molecule has 1 aliphatic rings. The minimum atomic E-state index is -3.79. The summed E-state index contributed by atoms with van der Waals surface area (Å²) in [6.45, 7) is 9.83. The summed E-state index contributed by atoms with van der Waals surface area (Å²) in [6.07, 6.45) is 3.32. The first-order valence-electron chi connectivity index (χ1n) is 11.0. The predicted octanol–water partition coefficient (Wildman–Crippen LogP) is 3.96. The molecule has 0 radical (unpaired) electrons. The molecule has 2 aromatic carbocycles. The van der Waals surface area contributed by atoms with E-state index in [0.29, 0.717) is 23.7 Å². The summed E-state index contributed by atoms with van der Waals surface area (Å²) in [5.41, 5.74) is 2.62. The zero-order chi connectivity index (χ0) is 22.4. The van der Waals surface area contributed by atoms with Gasteiger partial charge < -0.3 is 10.2 Å². The highest BCUT2D eigenvalue weighted by Gasteiger charge is 2.21. The van der Waals surface area contributed by atoms with Crippen LogP contribution in [0.2, 0.25) is 0 Å². The molecule has 0 bridgehead atoms. The number of carbonyl (C=O) groups excluding carboxylic acids is 1. The van der Waals surface area contributed by atoms with Crippen LogP contribution in [0.4, 0.5) is 5.69 Å². The van der Waals surface area contributed by atoms with Crippen LogP contribution >= 0.6 is 0 Å². The number of carbonyl (C=O) groups is 1. The van der Waals surface area contributed by atoms with Crippen molar-refractivity contribution < 1.29 is 13.2 Å². The van der Waals surface area contributed by atoms with Crippen LogP contribution in [0.1, 0.15) is 47.7 Å². The number of nitrogens with one attached hydrogen (secondary N) is 2. The number of hydrogen-bond donors (Lipinski definition) is 2. The molecule has 1 fully saturated rings. The molecule has 0 atom stereocenters. The third kappa shape index (κ3) is 6.31. The zero-order valence-corrected chi connectivity index (χ0v) is 19.5. The Morgan fingerprint density at radius 1 is 1.10 bits per heavy atom. The van der Waals surface area contributed by atoms with Crippen molar-refractivity contribution in [2.24, 2.45) is 5.92 Å². The van der Waals surface area contributed by atoms with Gasteiger partial charge in [0.15, 0.2) is 0 Å². The Morgan fingerprint density at radius 2 is 1.84 bits per heavy atom. The number of amides is 1. The van der Waals surface area contributed by atoms with E-state index in [4.69, 9.17) is 0 Å². The lowest BCUT2D eigenvalue weighted by Gasteiger charge is -2.31. The van der Waals surface area contributed by atoms with E-state index in [2.05, 4.69) is 21.9 Å². The van der Waals surface area contributed by atoms with Gasteiger partial charge in [0.25, 0.3) is 15.9 Å². The van der Waals surface area contributed by atoms with Crippen LogP contribution in [-0.2, 0) is 10.0 Å². The molecule has 1 amide bonds. The van der Waals surface area contributed by atoms with E-state index >= 15 is 0 Å². The van der Waals surface area contributed by atoms with Gasteiger partial charge in [0, 0.05) is 17.8 Å². The maximum atomic E-state index is 12.8. The number of nitrogens with zero attached hydrogens (tertiary/aromatic N) is 1. The second kappa shape index (κ2) is 10.3. The highest BCUT2D eigenvalue weighted by atomic mass is 32.2. The van der Waals surface area contributed by atoms with Gasteiger partial charge in [-0.05, 0) is 94.1 Å². The fourth-order valence-electron chi connectivity index (χ4n) is 4.00. The van der Waals surface area contributed by atoms with Crippen molar-refractivity contribution in [3.05, 3.63) is 59.2 Å². The quantitative estimate of drug-likeness (QED) is 0.647. The SMILES string of the molecule is CCCN1CCC(CNC(=O)c2cc(S(=O)(=O)Nc3cccc(C)c3)ccc2C)CC1. The monoisotopic (exact) mass is 443 g/mol. The van der Waals surface area contributed by atoms with Gasteiger partial charge in [-0.1, -0.05) is 25.1 Å². The Balaban J connectivity index is 1.65. The average Bonchev–Trinajstić information content (AvgIpc) is 2.73. The van der Waals surface area contributed by atoms with E-state index in [0.717, 1.165) is 43.6 Å². The van der Waals surface area contributed by atoms with Crippen LogP contribution in [0.5, 0.6) is 0 Å². The molecule has 6 nitrogen and oxygen atoms in total. The lowest BCUT2D eigenvalue weighted by molar-refractivity contribution is 0.0935. The third-order valence-electron chi connectivity index (χ3n) is 5.83. The molecule has 1 aliphatic heterocycles. The first-order chi connectivity index (χ1) is 14.8. The van der Waals surface area contributed by atoms with Crippen molar-refractivity contribution in [1.82, 2.24) is 10.2 Å². The molecule has 0 saturated carbocycles. The van der Waals surface area contributed by atoms with Gasteiger partial charge >= 0.3 is 0 Å². The molecule has 7 heteroatoms. The Bertz CT molecular complexity index is 1010. The van der Waals surface area contributed by atoms with Crippen molar-refractivity contribution >= 4 is 21.6 Å². The first-order valence-corrected chi connectivity index (χ1v) is 12.5. The number of aryl methyl sites for hydroxylation is 2. The van der Waals surface area contributed by atoms with E-state index in [-0.39, 0.29) is 10.8 Å². The van der Waals surface area contributed by atoms with E-state index in [1.807, 2.05) is 19.9 Å². The van der Waals surface area contributed by atoms with Gasteiger partial charge in [0.1, 0.15) is 0 Å². The molecule has 0 aromatic heterocycles. The molecule has 31 heavy (non-hydrogen) atoms. The zero-order valence-electron chi connectivity index (χ0n) is 18.6. The van der Waals surface area contributed by atoms with E-state index < -0.39 is 10.0 Å². The maximum absolute atomic E-state index is 12.8. The molecule has 168 valence electrons. The van der Waals surface area contributed by atoms with Crippen molar-refractivity contribution in [3.63, 3.8) is 0 Å². The molecule has 0 spiro atoms. The summed E-state index contributed by atoms with van der Waals surface area (Å²) in [5.74, 6) is 0.244. The summed E-state index contributed by atoms with van der Waals surface area (Å²) in [5, 5.41) is 3.02. The number of benzene rings is 2. The van der Waals surface area contributed by atoms with Crippen LogP contribution in [0.15, 0.2) is 47.4 Å². The summed E-state index contributed by atoms with van der Waals surface area (Å²) in [6, 6.07) is 11.9. The van der Waals surface area contributed by atoms with Crippen LogP contribution in [0, 0.1) is 19.8 Å². The molecule has 0 unspecified atom stereocenters. The van der Waals surface area contributed by atoms with Crippen molar-refractivity contribution in [3.8, 4) is 0 Å². The topological polar surface area (TPSA) is 78.5 Å². The highest BCUT2D eigenvalue weighted by Crippen LogP contribution is 2.21. The lowest BCUT2D eigenvalue weighted by atomic mass is 9.96. The second-order valence-electron chi connectivity index (χ2n) is 8.45. The maximum Gasteiger partial charge on any atom is 0.261 e. The van der Waals surface area contributed by atoms with Crippen LogP contribution < -0.4 is 10.0 Å². The normalized spacial score (nSPS) is 15.6. The Hall–Kier alpha value is -2.38. The van der Waals surface area contributed by atoms with Gasteiger partial charge in [0.2, 0.25) is 0 Å². The lowest BCUT2D eigenvalue weighted by Crippen LogP contribution is -2.39. The number of rotatable bonds is 8. The Kier molecular flexibility index (Phi) is 7.73. The summed E-state index contributed by atoms with van der Waals surface area (Å²) < 4.78 is 28.3. The van der Waals surface area contributed by atoms with Gasteiger partial charge in [-0.15, -0.1) is 0 Å². The summed E-state index contributed by atoms with van der Waals surface area (Å²) in [4.78, 5) is 15.4. The van der Waals surface area contributed by atoms with E-state index in [9.17, 15) is 13.2 Å². The smallest absolute Gasteiger partial charge is 0.261 e. The number of sulfonamides is 1. The first kappa shape index (κ1) is 23.3. The number of hydrogen-bond acceptors (Lipinski definition) is 4. The largest absolute Gasteiger partial charge is 0.352 e. The van der Waals surface area contributed by atoms with Gasteiger partial charge in [-0.25, -0.2) is 8.42 Å². The van der Waals surface area contributed by atoms with Crippen molar-refractivity contribution in [2.75, 3.05) is 30.9 Å². The molecular weight excluding hydrogens is 410 g/mol.